The number of urea groups is 1. The Morgan fingerprint density at radius 1 is 0.969 bits per heavy atom. The number of carbonyl (C=O) groups is 2. The predicted molar refractivity (Wildman–Crippen MR) is 117 cm³/mol. The summed E-state index contributed by atoms with van der Waals surface area (Å²) in [6.07, 6.45) is 1.55. The van der Waals surface area contributed by atoms with Gasteiger partial charge in [0, 0.05) is 5.56 Å². The summed E-state index contributed by atoms with van der Waals surface area (Å²) in [6.45, 7) is 0.200. The maximum Gasteiger partial charge on any atom is 0.329 e. The average Bonchev–Trinajstić information content (AvgIpc) is 3.07. The van der Waals surface area contributed by atoms with Gasteiger partial charge >= 0.3 is 6.03 Å². The fourth-order valence-corrected chi connectivity index (χ4v) is 3.31. The molecule has 1 N–H and O–H groups in total. The topological polar surface area (TPSA) is 67.9 Å². The number of amides is 3. The van der Waals surface area contributed by atoms with E-state index in [-0.39, 0.29) is 17.8 Å². The number of ether oxygens (including phenoxy) is 2. The third-order valence-electron chi connectivity index (χ3n) is 4.98. The summed E-state index contributed by atoms with van der Waals surface area (Å²) in [5.41, 5.74) is 2.01. The lowest BCUT2D eigenvalue weighted by Crippen LogP contribution is -2.30. The van der Waals surface area contributed by atoms with Crippen molar-refractivity contribution in [3.8, 4) is 11.5 Å². The van der Waals surface area contributed by atoms with Crippen molar-refractivity contribution in [3.05, 3.63) is 101 Å². The highest BCUT2D eigenvalue weighted by atomic mass is 19.1. The monoisotopic (exact) mass is 432 g/mol. The first-order chi connectivity index (χ1) is 15.5. The van der Waals surface area contributed by atoms with E-state index in [1.807, 2.05) is 30.3 Å². The van der Waals surface area contributed by atoms with E-state index in [4.69, 9.17) is 9.47 Å². The minimum Gasteiger partial charge on any atom is -0.493 e. The Labute approximate surface area is 184 Å². The van der Waals surface area contributed by atoms with Crippen LogP contribution in [0.4, 0.5) is 9.18 Å². The zero-order valence-electron chi connectivity index (χ0n) is 17.4. The molecule has 0 unspecified atom stereocenters. The fourth-order valence-electron chi connectivity index (χ4n) is 3.31. The minimum absolute atomic E-state index is 0.102. The van der Waals surface area contributed by atoms with Gasteiger partial charge in [-0.3, -0.25) is 9.69 Å². The van der Waals surface area contributed by atoms with Crippen LogP contribution < -0.4 is 14.8 Å². The van der Waals surface area contributed by atoms with E-state index in [2.05, 4.69) is 5.32 Å². The number of benzene rings is 3. The van der Waals surface area contributed by atoms with E-state index in [0.29, 0.717) is 23.7 Å². The molecule has 0 aromatic heterocycles. The molecule has 3 aromatic rings. The van der Waals surface area contributed by atoms with Gasteiger partial charge in [0.2, 0.25) is 0 Å². The normalized spacial score (nSPS) is 14.6. The molecule has 0 spiro atoms. The average molecular weight is 432 g/mol. The lowest BCUT2D eigenvalue weighted by molar-refractivity contribution is -0.123. The van der Waals surface area contributed by atoms with Crippen LogP contribution >= 0.6 is 0 Å². The molecule has 32 heavy (non-hydrogen) atoms. The van der Waals surface area contributed by atoms with E-state index in [0.717, 1.165) is 10.5 Å². The van der Waals surface area contributed by atoms with Gasteiger partial charge in [-0.2, -0.15) is 0 Å². The molecule has 0 aliphatic carbocycles. The summed E-state index contributed by atoms with van der Waals surface area (Å²) < 4.78 is 25.2. The van der Waals surface area contributed by atoms with Crippen LogP contribution in [0.15, 0.2) is 78.5 Å². The number of hydrogen-bond acceptors (Lipinski definition) is 4. The Balaban J connectivity index is 1.53. The third kappa shape index (κ3) is 4.62. The zero-order chi connectivity index (χ0) is 22.5. The molecule has 1 fully saturated rings. The van der Waals surface area contributed by atoms with Crippen LogP contribution in [0.2, 0.25) is 0 Å². The van der Waals surface area contributed by atoms with Gasteiger partial charge in [0.1, 0.15) is 18.1 Å². The highest BCUT2D eigenvalue weighted by Crippen LogP contribution is 2.30. The molecule has 4 rings (SSSR count). The maximum absolute atomic E-state index is 13.9. The van der Waals surface area contributed by atoms with Crippen LogP contribution in [0.1, 0.15) is 16.7 Å². The first-order valence-corrected chi connectivity index (χ1v) is 9.98. The van der Waals surface area contributed by atoms with E-state index in [9.17, 15) is 14.0 Å². The lowest BCUT2D eigenvalue weighted by atomic mass is 10.1. The Kier molecular flexibility index (Phi) is 6.17. The molecule has 7 heteroatoms. The molecule has 1 aliphatic heterocycles. The Morgan fingerprint density at radius 2 is 1.72 bits per heavy atom. The molecule has 1 aliphatic rings. The van der Waals surface area contributed by atoms with Crippen molar-refractivity contribution >= 4 is 18.0 Å². The van der Waals surface area contributed by atoms with Crippen molar-refractivity contribution in [1.82, 2.24) is 10.2 Å². The second-order valence-corrected chi connectivity index (χ2v) is 7.16. The van der Waals surface area contributed by atoms with Gasteiger partial charge in [0.15, 0.2) is 11.5 Å². The van der Waals surface area contributed by atoms with Gasteiger partial charge in [-0.15, -0.1) is 0 Å². The number of nitrogens with one attached hydrogen (secondary N) is 1. The summed E-state index contributed by atoms with van der Waals surface area (Å²) >= 11 is 0. The summed E-state index contributed by atoms with van der Waals surface area (Å²) in [5.74, 6) is 0.0541. The quantitative estimate of drug-likeness (QED) is 0.441. The smallest absolute Gasteiger partial charge is 0.329 e. The fraction of sp³-hybridized carbons (Fsp3) is 0.120. The van der Waals surface area contributed by atoms with Crippen molar-refractivity contribution < 1.29 is 23.5 Å². The molecule has 0 radical (unpaired) electrons. The van der Waals surface area contributed by atoms with Crippen LogP contribution in [0.3, 0.4) is 0 Å². The molecule has 3 aromatic carbocycles. The maximum atomic E-state index is 13.9. The van der Waals surface area contributed by atoms with E-state index >= 15 is 0 Å². The largest absolute Gasteiger partial charge is 0.493 e. The Morgan fingerprint density at radius 3 is 2.47 bits per heavy atom. The molecule has 6 nitrogen and oxygen atoms in total. The highest BCUT2D eigenvalue weighted by molar-refractivity contribution is 6.13. The van der Waals surface area contributed by atoms with E-state index < -0.39 is 17.8 Å². The van der Waals surface area contributed by atoms with Gasteiger partial charge in [0.05, 0.1) is 13.7 Å². The molecular formula is C25H21FN2O4. The summed E-state index contributed by atoms with van der Waals surface area (Å²) in [6, 6.07) is 20.3. The molecular weight excluding hydrogens is 411 g/mol. The minimum atomic E-state index is -0.599. The van der Waals surface area contributed by atoms with Crippen LogP contribution in [-0.2, 0) is 17.9 Å². The first kappa shape index (κ1) is 21.1. The van der Waals surface area contributed by atoms with Crippen molar-refractivity contribution in [2.75, 3.05) is 7.11 Å². The van der Waals surface area contributed by atoms with Crippen molar-refractivity contribution in [3.63, 3.8) is 0 Å². The Hall–Kier alpha value is -4.13. The molecule has 1 heterocycles. The van der Waals surface area contributed by atoms with Gasteiger partial charge in [-0.25, -0.2) is 9.18 Å². The van der Waals surface area contributed by atoms with Crippen LogP contribution in [0, 0.1) is 5.82 Å². The number of carbonyl (C=O) groups excluding carboxylic acids is 2. The summed E-state index contributed by atoms with van der Waals surface area (Å²) in [7, 11) is 1.55. The number of halogens is 1. The second kappa shape index (κ2) is 9.34. The van der Waals surface area contributed by atoms with E-state index in [1.54, 1.807) is 43.5 Å². The summed E-state index contributed by atoms with van der Waals surface area (Å²) in [4.78, 5) is 26.0. The molecule has 0 saturated carbocycles. The van der Waals surface area contributed by atoms with Crippen molar-refractivity contribution in [1.29, 1.82) is 0 Å². The Bertz CT molecular complexity index is 1180. The standard InChI is InChI=1S/C25H21FN2O4/c1-31-22-12-11-18(14-23(22)32-16-17-7-3-2-4-8-17)13-21-24(29)28(25(30)27-21)15-19-9-5-6-10-20(19)26/h2-14H,15-16H2,1H3,(H,27,30). The van der Waals surface area contributed by atoms with Gasteiger partial charge in [0.25, 0.3) is 5.91 Å². The molecule has 162 valence electrons. The SMILES string of the molecule is COc1ccc(C=C2NC(=O)N(Cc3ccccc3F)C2=O)cc1OCc1ccccc1. The number of rotatable bonds is 7. The lowest BCUT2D eigenvalue weighted by Gasteiger charge is -2.12. The van der Waals surface area contributed by atoms with Crippen molar-refractivity contribution in [2.45, 2.75) is 13.2 Å². The van der Waals surface area contributed by atoms with Crippen molar-refractivity contribution in [2.24, 2.45) is 0 Å². The number of hydrogen-bond donors (Lipinski definition) is 1. The van der Waals surface area contributed by atoms with E-state index in [1.165, 1.54) is 12.1 Å². The number of methoxy groups -OCH3 is 1. The third-order valence-corrected chi connectivity index (χ3v) is 4.98. The number of imide groups is 1. The number of nitrogens with zero attached hydrogens (tertiary/aromatic N) is 1. The van der Waals surface area contributed by atoms with Crippen LogP contribution in [0.25, 0.3) is 6.08 Å². The molecule has 1 saturated heterocycles. The molecule has 0 bridgehead atoms. The highest BCUT2D eigenvalue weighted by Gasteiger charge is 2.34. The second-order valence-electron chi connectivity index (χ2n) is 7.16. The van der Waals surface area contributed by atoms with Crippen LogP contribution in [-0.4, -0.2) is 23.9 Å². The molecule has 0 atom stereocenters. The van der Waals surface area contributed by atoms with Crippen LogP contribution in [0.5, 0.6) is 11.5 Å². The van der Waals surface area contributed by atoms with Gasteiger partial charge < -0.3 is 14.8 Å². The van der Waals surface area contributed by atoms with Gasteiger partial charge in [-0.1, -0.05) is 54.6 Å². The van der Waals surface area contributed by atoms with Gasteiger partial charge in [-0.05, 0) is 35.4 Å². The summed E-state index contributed by atoms with van der Waals surface area (Å²) in [5, 5.41) is 2.55. The molecule has 3 amide bonds. The zero-order valence-corrected chi connectivity index (χ0v) is 17.4. The predicted octanol–water partition coefficient (Wildman–Crippen LogP) is 4.51. The first-order valence-electron chi connectivity index (χ1n) is 9.98.